The van der Waals surface area contributed by atoms with Gasteiger partial charge in [0.2, 0.25) is 35.4 Å². The predicted molar refractivity (Wildman–Crippen MR) is 330 cm³/mol. The van der Waals surface area contributed by atoms with Crippen LogP contribution in [0.5, 0.6) is 0 Å². The number of amides is 9. The molecule has 2 aliphatic heterocycles. The van der Waals surface area contributed by atoms with E-state index in [9.17, 15) is 47.9 Å². The van der Waals surface area contributed by atoms with Gasteiger partial charge < -0.3 is 62.2 Å². The second-order valence-electron chi connectivity index (χ2n) is 25.0. The second kappa shape index (κ2) is 34.1. The van der Waals surface area contributed by atoms with Crippen LogP contribution >= 0.6 is 0 Å². The molecule has 7 atom stereocenters. The molecular formula is C65H95N10O12+. The lowest BCUT2D eigenvalue weighted by atomic mass is 9.93. The number of anilines is 1. The Kier molecular flexibility index (Phi) is 27.5. The summed E-state index contributed by atoms with van der Waals surface area (Å²) in [7, 11) is 0. The van der Waals surface area contributed by atoms with Gasteiger partial charge in [0.1, 0.15) is 61.2 Å². The largest absolute Gasteiger partial charge is 0.370 e. The standard InChI is InChI=1S/C65H94N10O12/c1-41(2)35-51(58(79)65(9)40-87-65)71-62(83)53(37-46-19-14-11-15-20-46)73-61(82)52(36-42(3)4)72-60(81)50(27-24-45-17-12-10-13-18-45)69-56(78)39-75(31-33-86-34-32-75)38-47-22-25-48(26-23-47)68-59(80)49(21-16-30-67-64(66)85)70-63(84)57(44(7)8)74-55(77)29-28-54(76)43(5)6/h10-15,17-20,22-23,25-26,41-44,49-53,57H,16,21,24,27-40H2,1-9H3,(H9-,66,67,68,69,70,71,72,73,74,77,78,80,81,82,83,84,85)/p+1/t49-,50-,51-,52-,53-,57-,65+/m0/s1. The molecule has 2 heterocycles. The molecule has 87 heavy (non-hydrogen) atoms. The van der Waals surface area contributed by atoms with Crippen molar-refractivity contribution in [3.05, 3.63) is 102 Å². The van der Waals surface area contributed by atoms with Gasteiger partial charge >= 0.3 is 6.03 Å². The molecule has 0 radical (unpaired) electrons. The Morgan fingerprint density at radius 2 is 1.11 bits per heavy atom. The van der Waals surface area contributed by atoms with Crippen molar-refractivity contribution in [2.24, 2.45) is 29.4 Å². The highest BCUT2D eigenvalue weighted by molar-refractivity contribution is 6.00. The molecule has 0 bridgehead atoms. The second-order valence-corrected chi connectivity index (χ2v) is 25.0. The number of hydrogen-bond donors (Lipinski definition) is 9. The molecule has 0 aliphatic carbocycles. The van der Waals surface area contributed by atoms with Gasteiger partial charge in [-0.05, 0) is 86.5 Å². The summed E-state index contributed by atoms with van der Waals surface area (Å²) in [6.07, 6.45) is 1.64. The molecule has 3 aromatic carbocycles. The topological polar surface area (TPSA) is 315 Å². The highest BCUT2D eigenvalue weighted by Crippen LogP contribution is 2.30. The molecule has 9 amide bonds. The van der Waals surface area contributed by atoms with E-state index in [4.69, 9.17) is 15.2 Å². The van der Waals surface area contributed by atoms with E-state index in [0.29, 0.717) is 51.4 Å². The molecule has 10 N–H and O–H groups in total. The number of nitrogens with two attached hydrogens (primary N) is 1. The molecule has 0 spiro atoms. The van der Waals surface area contributed by atoms with E-state index in [1.807, 2.05) is 100 Å². The first kappa shape index (κ1) is 70.2. The van der Waals surface area contributed by atoms with Crippen molar-refractivity contribution >= 4 is 64.6 Å². The average Bonchev–Trinajstić information content (AvgIpc) is 3.29. The first-order valence-corrected chi connectivity index (χ1v) is 30.7. The number of carbonyl (C=O) groups excluding carboxylic acids is 10. The van der Waals surface area contributed by atoms with Gasteiger partial charge in [-0.1, -0.05) is 128 Å². The van der Waals surface area contributed by atoms with Crippen LogP contribution in [-0.4, -0.2) is 151 Å². The fraction of sp³-hybridized carbons (Fsp3) is 0.569. The van der Waals surface area contributed by atoms with E-state index < -0.39 is 89.2 Å². The van der Waals surface area contributed by atoms with E-state index in [1.165, 1.54) is 0 Å². The molecule has 22 nitrogen and oxygen atoms in total. The van der Waals surface area contributed by atoms with Crippen LogP contribution in [0.2, 0.25) is 0 Å². The van der Waals surface area contributed by atoms with E-state index >= 15 is 0 Å². The number of morpholine rings is 1. The number of epoxide rings is 1. The van der Waals surface area contributed by atoms with Gasteiger partial charge in [0.15, 0.2) is 12.3 Å². The van der Waals surface area contributed by atoms with Crippen molar-refractivity contribution in [1.29, 1.82) is 0 Å². The Bertz CT molecular complexity index is 2790. The molecule has 2 aliphatic rings. The summed E-state index contributed by atoms with van der Waals surface area (Å²) in [4.78, 5) is 136. The first-order valence-electron chi connectivity index (χ1n) is 30.7. The Hall–Kier alpha value is -7.56. The summed E-state index contributed by atoms with van der Waals surface area (Å²) in [5.74, 6) is -4.66. The SMILES string of the molecule is CC(C)C[C@H](NC(=O)[C@H](CCc1ccccc1)NC(=O)C[N+]1(Cc2ccc(NC(=O)[C@H](CCCNC(N)=O)NC(=O)[C@@H](NC(=O)CCC(=O)C(C)C)C(C)C)cc2)CCOCC1)C(=O)N[C@@H](Cc1ccccc1)C(=O)N[C@@H](CC(C)C)C(=O)[C@@]1(C)CO1. The number of benzene rings is 3. The maximum absolute atomic E-state index is 14.7. The quantitative estimate of drug-likeness (QED) is 0.0224. The minimum absolute atomic E-state index is 0.0192. The number of primary amides is 1. The number of ether oxygens (including phenoxy) is 2. The molecule has 476 valence electrons. The van der Waals surface area contributed by atoms with Crippen molar-refractivity contribution in [3.63, 3.8) is 0 Å². The molecule has 2 fully saturated rings. The van der Waals surface area contributed by atoms with E-state index in [1.54, 1.807) is 46.8 Å². The fourth-order valence-electron chi connectivity index (χ4n) is 10.4. The average molecular weight is 1210 g/mol. The van der Waals surface area contributed by atoms with Crippen molar-refractivity contribution in [3.8, 4) is 0 Å². The number of urea groups is 1. The lowest BCUT2D eigenvalue weighted by Gasteiger charge is -2.41. The van der Waals surface area contributed by atoms with E-state index in [2.05, 4.69) is 42.5 Å². The van der Waals surface area contributed by atoms with E-state index in [-0.39, 0.29) is 104 Å². The van der Waals surface area contributed by atoms with Gasteiger partial charge in [-0.25, -0.2) is 4.79 Å². The van der Waals surface area contributed by atoms with Gasteiger partial charge in [0, 0.05) is 43.0 Å². The van der Waals surface area contributed by atoms with Gasteiger partial charge in [0.25, 0.3) is 5.91 Å². The number of hydrogen-bond acceptors (Lipinski definition) is 12. The minimum atomic E-state index is -1.12. The monoisotopic (exact) mass is 1210 g/mol. The Labute approximate surface area is 512 Å². The van der Waals surface area contributed by atoms with Crippen LogP contribution < -0.4 is 48.3 Å². The summed E-state index contributed by atoms with van der Waals surface area (Å²) in [5, 5.41) is 22.7. The zero-order valence-corrected chi connectivity index (χ0v) is 52.3. The molecular weight excluding hydrogens is 1110 g/mol. The van der Waals surface area contributed by atoms with E-state index in [0.717, 1.165) is 16.7 Å². The van der Waals surface area contributed by atoms with Crippen LogP contribution in [0.3, 0.4) is 0 Å². The van der Waals surface area contributed by atoms with Crippen LogP contribution in [0.15, 0.2) is 84.9 Å². The number of aryl methyl sites for hydroxylation is 1. The molecule has 0 saturated carbocycles. The molecule has 2 saturated heterocycles. The van der Waals surface area contributed by atoms with Crippen molar-refractivity contribution in [2.45, 2.75) is 168 Å². The smallest absolute Gasteiger partial charge is 0.312 e. The van der Waals surface area contributed by atoms with Crippen LogP contribution in [0.25, 0.3) is 0 Å². The highest BCUT2D eigenvalue weighted by Gasteiger charge is 2.50. The normalized spacial score (nSPS) is 17.3. The number of ketones is 2. The van der Waals surface area contributed by atoms with Crippen LogP contribution in [0.1, 0.15) is 124 Å². The predicted octanol–water partition coefficient (Wildman–Crippen LogP) is 4.32. The zero-order valence-electron chi connectivity index (χ0n) is 52.3. The highest BCUT2D eigenvalue weighted by atomic mass is 16.6. The first-order chi connectivity index (χ1) is 41.2. The molecule has 5 rings (SSSR count). The number of nitrogens with zero attached hydrogens (tertiary/aromatic N) is 1. The number of quaternary nitrogens is 1. The van der Waals surface area contributed by atoms with Gasteiger partial charge in [-0.2, -0.15) is 0 Å². The lowest BCUT2D eigenvalue weighted by molar-refractivity contribution is -0.940. The third-order valence-corrected chi connectivity index (χ3v) is 15.7. The number of rotatable bonds is 36. The van der Waals surface area contributed by atoms with Gasteiger partial charge in [-0.15, -0.1) is 0 Å². The lowest BCUT2D eigenvalue weighted by Crippen LogP contribution is -2.61. The van der Waals surface area contributed by atoms with Crippen LogP contribution in [0, 0.1) is 23.7 Å². The zero-order chi connectivity index (χ0) is 63.8. The van der Waals surface area contributed by atoms with Crippen LogP contribution in [-0.2, 0) is 72.0 Å². The fourth-order valence-corrected chi connectivity index (χ4v) is 10.4. The summed E-state index contributed by atoms with van der Waals surface area (Å²) < 4.78 is 11.5. The molecule has 3 aromatic rings. The van der Waals surface area contributed by atoms with Crippen LogP contribution in [0.4, 0.5) is 10.5 Å². The summed E-state index contributed by atoms with van der Waals surface area (Å²) in [6.45, 7) is 18.9. The van der Waals surface area contributed by atoms with Crippen molar-refractivity contribution < 1.29 is 61.9 Å². The summed E-state index contributed by atoms with van der Waals surface area (Å²) >= 11 is 0. The summed E-state index contributed by atoms with van der Waals surface area (Å²) in [6, 6.07) is 18.8. The third kappa shape index (κ3) is 23.9. The summed E-state index contributed by atoms with van der Waals surface area (Å²) in [5.41, 5.74) is 7.24. The van der Waals surface area contributed by atoms with Crippen molar-refractivity contribution in [1.82, 2.24) is 37.2 Å². The third-order valence-electron chi connectivity index (χ3n) is 15.7. The number of nitrogens with one attached hydrogen (secondary N) is 8. The maximum atomic E-state index is 14.7. The van der Waals surface area contributed by atoms with Crippen molar-refractivity contribution in [2.75, 3.05) is 51.3 Å². The Balaban J connectivity index is 1.31. The maximum Gasteiger partial charge on any atom is 0.312 e. The Morgan fingerprint density at radius 3 is 1.69 bits per heavy atom. The Morgan fingerprint density at radius 1 is 0.575 bits per heavy atom. The molecule has 0 aromatic heterocycles. The van der Waals surface area contributed by atoms with Gasteiger partial charge in [-0.3, -0.25) is 43.2 Å². The molecule has 0 unspecified atom stereocenters. The molecule has 22 heteroatoms. The number of carbonyl (C=O) groups is 10. The minimum Gasteiger partial charge on any atom is -0.370 e. The van der Waals surface area contributed by atoms with Gasteiger partial charge in [0.05, 0.1) is 25.9 Å². The number of Topliss-reactive ketones (excluding diaryl/α,β-unsaturated/α-hetero) is 2.